The van der Waals surface area contributed by atoms with Gasteiger partial charge in [-0.25, -0.2) is 9.97 Å². The van der Waals surface area contributed by atoms with Gasteiger partial charge in [-0.05, 0) is 61.0 Å². The Morgan fingerprint density at radius 3 is 1.93 bits per heavy atom. The maximum Gasteiger partial charge on any atom is 0.294 e. The van der Waals surface area contributed by atoms with Crippen LogP contribution in [-0.2, 0) is 17.2 Å². The first-order chi connectivity index (χ1) is 22.2. The van der Waals surface area contributed by atoms with Crippen molar-refractivity contribution in [2.24, 2.45) is 7.05 Å². The highest BCUT2D eigenvalue weighted by atomic mass is 32.2. The van der Waals surface area contributed by atoms with Crippen LogP contribution < -0.4 is 9.80 Å². The van der Waals surface area contributed by atoms with E-state index in [4.69, 9.17) is 14.5 Å². The zero-order valence-corrected chi connectivity index (χ0v) is 26.6. The molecular weight excluding hydrogens is 595 g/mol. The minimum atomic E-state index is -4.02. The Bertz CT molecular complexity index is 2170. The maximum atomic E-state index is 10.5. The van der Waals surface area contributed by atoms with Gasteiger partial charge in [-0.15, -0.1) is 13.2 Å². The molecule has 0 unspecified atom stereocenters. The number of hydrogen-bond donors (Lipinski definition) is 1. The van der Waals surface area contributed by atoms with Crippen molar-refractivity contribution in [1.82, 2.24) is 14.5 Å². The van der Waals surface area contributed by atoms with Gasteiger partial charge in [0.15, 0.2) is 11.6 Å². The number of nitrogens with zero attached hydrogens (tertiary/aromatic N) is 5. The first-order valence-electron chi connectivity index (χ1n) is 14.9. The zero-order valence-electron chi connectivity index (χ0n) is 25.8. The standard InChI is InChI=1S/C30H27N5.C7H8O3S/c1-4-18-34-28(35(19-5-2)30-29(34)31-24-11-7-8-12-25(24)32-30)17-15-21-14-16-27-23(20-21)22-10-6-9-13-26(22)33(27)3;1-6-2-4-7(5-3-6)11(8,9)10/h4-17,20,28H,1-2,18-19H2,3H3;2-5H,1H3,(H,8,9,10). The van der Waals surface area contributed by atoms with Crippen LogP contribution in [0.3, 0.4) is 0 Å². The van der Waals surface area contributed by atoms with E-state index in [9.17, 15) is 8.42 Å². The summed E-state index contributed by atoms with van der Waals surface area (Å²) >= 11 is 0. The van der Waals surface area contributed by atoms with Crippen molar-refractivity contribution in [1.29, 1.82) is 0 Å². The summed E-state index contributed by atoms with van der Waals surface area (Å²) in [6, 6.07) is 29.2. The lowest BCUT2D eigenvalue weighted by atomic mass is 10.1. The van der Waals surface area contributed by atoms with Crippen molar-refractivity contribution in [2.75, 3.05) is 22.9 Å². The minimum Gasteiger partial charge on any atom is -0.344 e. The summed E-state index contributed by atoms with van der Waals surface area (Å²) in [5.41, 5.74) is 6.38. The van der Waals surface area contributed by atoms with Crippen LogP contribution in [0, 0.1) is 6.92 Å². The smallest absolute Gasteiger partial charge is 0.294 e. The van der Waals surface area contributed by atoms with E-state index >= 15 is 0 Å². The largest absolute Gasteiger partial charge is 0.344 e. The molecule has 3 heterocycles. The summed E-state index contributed by atoms with van der Waals surface area (Å²) in [5, 5.41) is 2.54. The summed E-state index contributed by atoms with van der Waals surface area (Å²) in [6.07, 6.45) is 8.22. The second-order valence-corrected chi connectivity index (χ2v) is 12.6. The lowest BCUT2D eigenvalue weighted by Crippen LogP contribution is -2.42. The van der Waals surface area contributed by atoms with Gasteiger partial charge in [-0.3, -0.25) is 4.55 Å². The third kappa shape index (κ3) is 5.90. The molecule has 1 aliphatic rings. The van der Waals surface area contributed by atoms with E-state index in [0.717, 1.165) is 33.8 Å². The quantitative estimate of drug-likeness (QED) is 0.144. The number of hydrogen-bond acceptors (Lipinski definition) is 6. The first-order valence-corrected chi connectivity index (χ1v) is 16.3. The fourth-order valence-corrected chi connectivity index (χ4v) is 6.34. The number of para-hydroxylation sites is 3. The van der Waals surface area contributed by atoms with Crippen molar-refractivity contribution >= 4 is 60.7 Å². The van der Waals surface area contributed by atoms with Crippen molar-refractivity contribution in [3.05, 3.63) is 134 Å². The van der Waals surface area contributed by atoms with Gasteiger partial charge >= 0.3 is 0 Å². The summed E-state index contributed by atoms with van der Waals surface area (Å²) in [7, 11) is -1.89. The van der Waals surface area contributed by atoms with Gasteiger partial charge in [0, 0.05) is 41.9 Å². The number of aromatic nitrogens is 3. The molecule has 0 atom stereocenters. The highest BCUT2D eigenvalue weighted by molar-refractivity contribution is 7.85. The molecule has 9 heteroatoms. The van der Waals surface area contributed by atoms with Crippen LogP contribution >= 0.6 is 0 Å². The third-order valence-corrected chi connectivity index (χ3v) is 8.95. The predicted octanol–water partition coefficient (Wildman–Crippen LogP) is 7.55. The van der Waals surface area contributed by atoms with E-state index in [0.29, 0.717) is 13.1 Å². The van der Waals surface area contributed by atoms with E-state index in [-0.39, 0.29) is 11.1 Å². The Morgan fingerprint density at radius 2 is 1.35 bits per heavy atom. The fraction of sp³-hybridized carbons (Fsp3) is 0.135. The molecule has 1 aliphatic heterocycles. The molecule has 0 amide bonds. The molecule has 232 valence electrons. The summed E-state index contributed by atoms with van der Waals surface area (Å²) < 4.78 is 31.8. The Balaban J connectivity index is 0.000000288. The molecule has 1 N–H and O–H groups in total. The average Bonchev–Trinajstić information content (AvgIpc) is 3.49. The van der Waals surface area contributed by atoms with Gasteiger partial charge in [-0.2, -0.15) is 8.42 Å². The van der Waals surface area contributed by atoms with Crippen LogP contribution in [0.4, 0.5) is 11.6 Å². The molecule has 4 aromatic carbocycles. The monoisotopic (exact) mass is 629 g/mol. The summed E-state index contributed by atoms with van der Waals surface area (Å²) in [4.78, 5) is 14.4. The Hall–Kier alpha value is -5.25. The lowest BCUT2D eigenvalue weighted by molar-refractivity contribution is 0.483. The normalized spacial score (nSPS) is 13.4. The highest BCUT2D eigenvalue weighted by Gasteiger charge is 2.36. The third-order valence-electron chi connectivity index (χ3n) is 8.09. The Labute approximate surface area is 269 Å². The Kier molecular flexibility index (Phi) is 8.44. The van der Waals surface area contributed by atoms with Gasteiger partial charge in [0.25, 0.3) is 10.1 Å². The lowest BCUT2D eigenvalue weighted by Gasteiger charge is -2.28. The molecule has 0 aliphatic carbocycles. The molecule has 7 rings (SSSR count). The van der Waals surface area contributed by atoms with Gasteiger partial charge in [0.1, 0.15) is 6.17 Å². The average molecular weight is 630 g/mol. The molecule has 0 radical (unpaired) electrons. The van der Waals surface area contributed by atoms with E-state index in [1.54, 1.807) is 12.1 Å². The molecule has 2 aromatic heterocycles. The maximum absolute atomic E-state index is 10.5. The van der Waals surface area contributed by atoms with Crippen LogP contribution in [0.2, 0.25) is 0 Å². The highest BCUT2D eigenvalue weighted by Crippen LogP contribution is 2.38. The van der Waals surface area contributed by atoms with Crippen molar-refractivity contribution in [3.8, 4) is 0 Å². The molecule has 0 bridgehead atoms. The van der Waals surface area contributed by atoms with Crippen LogP contribution in [0.15, 0.2) is 127 Å². The molecule has 0 spiro atoms. The van der Waals surface area contributed by atoms with Gasteiger partial charge in [0.05, 0.1) is 15.9 Å². The van der Waals surface area contributed by atoms with E-state index in [2.05, 4.69) is 89.2 Å². The second kappa shape index (κ2) is 12.6. The molecule has 6 aromatic rings. The van der Waals surface area contributed by atoms with E-state index < -0.39 is 10.1 Å². The van der Waals surface area contributed by atoms with E-state index in [1.165, 1.54) is 33.9 Å². The summed E-state index contributed by atoms with van der Waals surface area (Å²) in [6.45, 7) is 11.2. The van der Waals surface area contributed by atoms with Crippen molar-refractivity contribution in [3.63, 3.8) is 0 Å². The second-order valence-electron chi connectivity index (χ2n) is 11.2. The number of benzene rings is 4. The van der Waals surface area contributed by atoms with Crippen molar-refractivity contribution < 1.29 is 13.0 Å². The number of aryl methyl sites for hydroxylation is 2. The van der Waals surface area contributed by atoms with E-state index in [1.807, 2.05) is 43.3 Å². The van der Waals surface area contributed by atoms with Crippen LogP contribution in [-0.4, -0.2) is 46.8 Å². The molecule has 0 saturated carbocycles. The fourth-order valence-electron chi connectivity index (χ4n) is 5.86. The van der Waals surface area contributed by atoms with Crippen LogP contribution in [0.25, 0.3) is 38.9 Å². The topological polar surface area (TPSA) is 91.6 Å². The SMILES string of the molecule is C=CCN1c2nc3ccccc3nc2N(CC=C)C1C=Cc1ccc2c(c1)c1ccccc1n2C.Cc1ccc(S(=O)(=O)O)cc1. The summed E-state index contributed by atoms with van der Waals surface area (Å²) in [5.74, 6) is 1.76. The first kappa shape index (κ1) is 30.8. The van der Waals surface area contributed by atoms with Crippen LogP contribution in [0.1, 0.15) is 11.1 Å². The molecule has 46 heavy (non-hydrogen) atoms. The Morgan fingerprint density at radius 1 is 0.783 bits per heavy atom. The molecule has 8 nitrogen and oxygen atoms in total. The molecular formula is C37H35N5O3S. The van der Waals surface area contributed by atoms with Gasteiger partial charge in [-0.1, -0.05) is 72.3 Å². The van der Waals surface area contributed by atoms with Gasteiger partial charge in [0.2, 0.25) is 0 Å². The number of fused-ring (bicyclic) bond motifs is 5. The zero-order chi connectivity index (χ0) is 32.4. The number of anilines is 2. The van der Waals surface area contributed by atoms with Crippen molar-refractivity contribution in [2.45, 2.75) is 18.0 Å². The molecule has 0 saturated heterocycles. The van der Waals surface area contributed by atoms with Gasteiger partial charge < -0.3 is 14.4 Å². The molecule has 0 fully saturated rings. The van der Waals surface area contributed by atoms with Crippen LogP contribution in [0.5, 0.6) is 0 Å². The predicted molar refractivity (Wildman–Crippen MR) is 189 cm³/mol. The number of rotatable bonds is 7. The minimum absolute atomic E-state index is 0.0407.